The van der Waals surface area contributed by atoms with Gasteiger partial charge in [0, 0.05) is 24.1 Å². The van der Waals surface area contributed by atoms with Crippen LogP contribution in [0.1, 0.15) is 26.3 Å². The molecule has 0 aliphatic carbocycles. The molecule has 2 rings (SSSR count). The first-order valence-electron chi connectivity index (χ1n) is 7.30. The van der Waals surface area contributed by atoms with Crippen LogP contribution in [0.25, 0.3) is 0 Å². The monoisotopic (exact) mass is 354 g/mol. The molecule has 0 radical (unpaired) electrons. The van der Waals surface area contributed by atoms with Gasteiger partial charge in [0.2, 0.25) is 0 Å². The van der Waals surface area contributed by atoms with Gasteiger partial charge in [0.25, 0.3) is 0 Å². The number of carbonyl (C=O) groups excluding carboxylic acids is 1. The summed E-state index contributed by atoms with van der Waals surface area (Å²) in [5.74, 6) is 0. The van der Waals surface area contributed by atoms with E-state index in [0.29, 0.717) is 6.54 Å². The number of nitrogens with one attached hydrogen (secondary N) is 1. The number of halogens is 1. The van der Waals surface area contributed by atoms with Crippen molar-refractivity contribution in [2.45, 2.75) is 38.8 Å². The Hall–Kier alpha value is -1.07. The lowest BCUT2D eigenvalue weighted by Crippen LogP contribution is -2.55. The fraction of sp³-hybridized carbons (Fsp3) is 0.562. The number of hydrogen-bond donors (Lipinski definition) is 1. The third-order valence-corrected chi connectivity index (χ3v) is 3.83. The molecular weight excluding hydrogens is 332 g/mol. The lowest BCUT2D eigenvalue weighted by molar-refractivity contribution is 0.0122. The molecule has 1 aliphatic heterocycles. The molecule has 0 spiro atoms. The Morgan fingerprint density at radius 2 is 2.24 bits per heavy atom. The number of hydrogen-bond acceptors (Lipinski definition) is 3. The van der Waals surface area contributed by atoms with Crippen LogP contribution in [-0.4, -0.2) is 42.3 Å². The van der Waals surface area contributed by atoms with E-state index in [9.17, 15) is 4.79 Å². The van der Waals surface area contributed by atoms with Crippen molar-refractivity contribution < 1.29 is 9.53 Å². The Labute approximate surface area is 135 Å². The minimum Gasteiger partial charge on any atom is -0.444 e. The van der Waals surface area contributed by atoms with Gasteiger partial charge in [-0.3, -0.25) is 0 Å². The highest BCUT2D eigenvalue weighted by Crippen LogP contribution is 2.18. The maximum Gasteiger partial charge on any atom is 0.410 e. The van der Waals surface area contributed by atoms with Crippen LogP contribution >= 0.6 is 15.9 Å². The molecule has 0 saturated carbocycles. The zero-order valence-electron chi connectivity index (χ0n) is 12.9. The van der Waals surface area contributed by atoms with Gasteiger partial charge < -0.3 is 15.0 Å². The van der Waals surface area contributed by atoms with E-state index in [2.05, 4.69) is 33.4 Å². The first-order valence-corrected chi connectivity index (χ1v) is 8.09. The Morgan fingerprint density at radius 1 is 1.48 bits per heavy atom. The van der Waals surface area contributed by atoms with E-state index >= 15 is 0 Å². The number of rotatable bonds is 2. The molecule has 1 aliphatic rings. The van der Waals surface area contributed by atoms with Gasteiger partial charge in [-0.15, -0.1) is 0 Å². The largest absolute Gasteiger partial charge is 0.444 e. The van der Waals surface area contributed by atoms with Crippen molar-refractivity contribution in [3.63, 3.8) is 0 Å². The van der Waals surface area contributed by atoms with Crippen molar-refractivity contribution in [2.24, 2.45) is 0 Å². The van der Waals surface area contributed by atoms with E-state index in [1.807, 2.05) is 37.8 Å². The Balaban J connectivity index is 2.06. The second-order valence-corrected chi connectivity index (χ2v) is 7.28. The maximum atomic E-state index is 12.3. The normalized spacial score (nSPS) is 19.4. The predicted molar refractivity (Wildman–Crippen MR) is 87.4 cm³/mol. The van der Waals surface area contributed by atoms with E-state index < -0.39 is 5.60 Å². The van der Waals surface area contributed by atoms with Crippen molar-refractivity contribution in [3.8, 4) is 0 Å². The quantitative estimate of drug-likeness (QED) is 0.886. The molecule has 1 heterocycles. The van der Waals surface area contributed by atoms with E-state index in [1.165, 1.54) is 5.56 Å². The highest BCUT2D eigenvalue weighted by atomic mass is 79.9. The smallest absolute Gasteiger partial charge is 0.410 e. The second-order valence-electron chi connectivity index (χ2n) is 6.37. The minimum atomic E-state index is -0.456. The average molecular weight is 355 g/mol. The van der Waals surface area contributed by atoms with Crippen LogP contribution < -0.4 is 5.32 Å². The molecule has 0 unspecified atom stereocenters. The molecule has 1 fully saturated rings. The van der Waals surface area contributed by atoms with Crippen LogP contribution in [0, 0.1) is 0 Å². The summed E-state index contributed by atoms with van der Waals surface area (Å²) in [6.45, 7) is 8.00. The molecule has 1 amide bonds. The molecule has 0 aromatic heterocycles. The van der Waals surface area contributed by atoms with Crippen LogP contribution in [0.15, 0.2) is 28.7 Å². The third-order valence-electron chi connectivity index (χ3n) is 3.34. The van der Waals surface area contributed by atoms with Gasteiger partial charge in [-0.05, 0) is 44.9 Å². The summed E-state index contributed by atoms with van der Waals surface area (Å²) in [5.41, 5.74) is 0.758. The van der Waals surface area contributed by atoms with Gasteiger partial charge in [-0.2, -0.15) is 0 Å². The molecule has 5 heteroatoms. The van der Waals surface area contributed by atoms with Gasteiger partial charge >= 0.3 is 6.09 Å². The van der Waals surface area contributed by atoms with E-state index in [-0.39, 0.29) is 12.1 Å². The second kappa shape index (κ2) is 6.79. The molecule has 1 saturated heterocycles. The molecular formula is C16H23BrN2O2. The molecule has 1 aromatic carbocycles. The Bertz CT molecular complexity index is 499. The highest BCUT2D eigenvalue weighted by molar-refractivity contribution is 9.10. The Morgan fingerprint density at radius 3 is 2.90 bits per heavy atom. The third kappa shape index (κ3) is 5.00. The van der Waals surface area contributed by atoms with Crippen molar-refractivity contribution in [3.05, 3.63) is 34.3 Å². The van der Waals surface area contributed by atoms with Crippen LogP contribution in [0.5, 0.6) is 0 Å². The van der Waals surface area contributed by atoms with Gasteiger partial charge in [-0.1, -0.05) is 28.1 Å². The standard InChI is InChI=1S/C16H23BrN2O2/c1-16(2,3)21-15(20)19-8-7-18-11-14(19)10-12-5-4-6-13(17)9-12/h4-6,9,14,18H,7-8,10-11H2,1-3H3/t14-/m0/s1. The van der Waals surface area contributed by atoms with E-state index in [0.717, 1.165) is 24.0 Å². The lowest BCUT2D eigenvalue weighted by Gasteiger charge is -2.37. The summed E-state index contributed by atoms with van der Waals surface area (Å²) >= 11 is 3.49. The summed E-state index contributed by atoms with van der Waals surface area (Å²) in [5, 5.41) is 3.36. The summed E-state index contributed by atoms with van der Waals surface area (Å²) in [6, 6.07) is 8.35. The Kier molecular flexibility index (Phi) is 5.27. The SMILES string of the molecule is CC(C)(C)OC(=O)N1CCNC[C@@H]1Cc1cccc(Br)c1. The number of nitrogens with zero attached hydrogens (tertiary/aromatic N) is 1. The zero-order valence-corrected chi connectivity index (χ0v) is 14.4. The molecule has 4 nitrogen and oxygen atoms in total. The number of benzene rings is 1. The number of amides is 1. The first-order chi connectivity index (χ1) is 9.85. The number of piperazine rings is 1. The van der Waals surface area contributed by atoms with Crippen LogP contribution in [0.3, 0.4) is 0 Å². The van der Waals surface area contributed by atoms with Crippen LogP contribution in [0.2, 0.25) is 0 Å². The lowest BCUT2D eigenvalue weighted by atomic mass is 10.0. The molecule has 1 atom stereocenters. The fourth-order valence-electron chi connectivity index (χ4n) is 2.44. The van der Waals surface area contributed by atoms with E-state index in [4.69, 9.17) is 4.74 Å². The molecule has 116 valence electrons. The summed E-state index contributed by atoms with van der Waals surface area (Å²) in [7, 11) is 0. The molecule has 0 bridgehead atoms. The van der Waals surface area contributed by atoms with Crippen LogP contribution in [0.4, 0.5) is 4.79 Å². The van der Waals surface area contributed by atoms with Crippen molar-refractivity contribution in [2.75, 3.05) is 19.6 Å². The predicted octanol–water partition coefficient (Wildman–Crippen LogP) is 3.20. The van der Waals surface area contributed by atoms with Gasteiger partial charge in [0.15, 0.2) is 0 Å². The van der Waals surface area contributed by atoms with Gasteiger partial charge in [-0.25, -0.2) is 4.79 Å². The van der Waals surface area contributed by atoms with E-state index in [1.54, 1.807) is 0 Å². The summed E-state index contributed by atoms with van der Waals surface area (Å²) in [4.78, 5) is 14.2. The molecule has 21 heavy (non-hydrogen) atoms. The summed E-state index contributed by atoms with van der Waals surface area (Å²) in [6.07, 6.45) is 0.607. The van der Waals surface area contributed by atoms with Gasteiger partial charge in [0.05, 0.1) is 6.04 Å². The van der Waals surface area contributed by atoms with Crippen molar-refractivity contribution >= 4 is 22.0 Å². The minimum absolute atomic E-state index is 0.128. The van der Waals surface area contributed by atoms with Gasteiger partial charge in [0.1, 0.15) is 5.60 Å². The molecule has 1 aromatic rings. The summed E-state index contributed by atoms with van der Waals surface area (Å²) < 4.78 is 6.58. The highest BCUT2D eigenvalue weighted by Gasteiger charge is 2.30. The number of ether oxygens (including phenoxy) is 1. The van der Waals surface area contributed by atoms with Crippen LogP contribution in [-0.2, 0) is 11.2 Å². The maximum absolute atomic E-state index is 12.3. The fourth-order valence-corrected chi connectivity index (χ4v) is 2.89. The number of carbonyl (C=O) groups is 1. The first kappa shape index (κ1) is 16.3. The van der Waals surface area contributed by atoms with Crippen molar-refractivity contribution in [1.82, 2.24) is 10.2 Å². The van der Waals surface area contributed by atoms with Crippen molar-refractivity contribution in [1.29, 1.82) is 0 Å². The zero-order chi connectivity index (χ0) is 15.5. The average Bonchev–Trinajstić information content (AvgIpc) is 2.37. The topological polar surface area (TPSA) is 41.6 Å². The molecule has 1 N–H and O–H groups in total.